The van der Waals surface area contributed by atoms with Crippen molar-refractivity contribution in [3.05, 3.63) is 118 Å². The van der Waals surface area contributed by atoms with Crippen molar-refractivity contribution in [3.63, 3.8) is 0 Å². The average Bonchev–Trinajstić information content (AvgIpc) is 2.94. The second-order valence-corrected chi connectivity index (χ2v) is 11.5. The fraction of sp³-hybridized carbons (Fsp3) is 0.0690. The van der Waals surface area contributed by atoms with Gasteiger partial charge < -0.3 is 21.1 Å². The van der Waals surface area contributed by atoms with Crippen molar-refractivity contribution in [2.75, 3.05) is 10.6 Å². The van der Waals surface area contributed by atoms with E-state index in [1.54, 1.807) is 66.7 Å². The molecule has 0 fully saturated rings. The van der Waals surface area contributed by atoms with E-state index in [9.17, 15) is 27.9 Å². The molecule has 4 aromatic carbocycles. The van der Waals surface area contributed by atoms with Crippen molar-refractivity contribution in [2.24, 2.45) is 0 Å². The van der Waals surface area contributed by atoms with Gasteiger partial charge in [0.1, 0.15) is 6.04 Å². The van der Waals surface area contributed by atoms with Crippen LogP contribution in [0.15, 0.2) is 107 Å². The Morgan fingerprint density at radius 3 is 2.00 bits per heavy atom. The molecule has 0 aromatic heterocycles. The lowest BCUT2D eigenvalue weighted by atomic mass is 10.1. The van der Waals surface area contributed by atoms with Gasteiger partial charge in [-0.15, -0.1) is 0 Å². The highest BCUT2D eigenvalue weighted by atomic mass is 35.5. The molecule has 4 aromatic rings. The van der Waals surface area contributed by atoms with E-state index in [4.69, 9.17) is 23.2 Å². The first-order chi connectivity index (χ1) is 19.6. The first-order valence-electron chi connectivity index (χ1n) is 12.1. The summed E-state index contributed by atoms with van der Waals surface area (Å²) in [5.74, 6) is -1.80. The van der Waals surface area contributed by atoms with Gasteiger partial charge in [0.25, 0.3) is 5.91 Å². The minimum absolute atomic E-state index is 0.00305. The Balaban J connectivity index is 1.43. The van der Waals surface area contributed by atoms with E-state index in [1.807, 2.05) is 0 Å². The number of anilines is 2. The highest BCUT2D eigenvalue weighted by Crippen LogP contribution is 2.28. The zero-order valence-corrected chi connectivity index (χ0v) is 23.5. The lowest BCUT2D eigenvalue weighted by molar-refractivity contribution is -0.139. The molecule has 0 radical (unpaired) electrons. The van der Waals surface area contributed by atoms with Crippen molar-refractivity contribution >= 4 is 62.3 Å². The van der Waals surface area contributed by atoms with Gasteiger partial charge in [-0.3, -0.25) is 4.79 Å². The molecule has 3 amide bonds. The summed E-state index contributed by atoms with van der Waals surface area (Å²) in [4.78, 5) is 37.2. The molecule has 4 rings (SSSR count). The SMILES string of the molecule is O=C(Nc1ccccc1S(=O)(=O)c1ccccc1)N[C@@H](Cc1ccc(NC(=O)c2c(Cl)cccc2Cl)cc1)C(=O)O. The number of sulfone groups is 1. The van der Waals surface area contributed by atoms with Crippen LogP contribution in [0, 0.1) is 0 Å². The Kier molecular flexibility index (Phi) is 9.28. The Morgan fingerprint density at radius 1 is 0.756 bits per heavy atom. The maximum absolute atomic E-state index is 13.1. The Hall–Kier alpha value is -4.38. The predicted octanol–water partition coefficient (Wildman–Crippen LogP) is 5.90. The predicted molar refractivity (Wildman–Crippen MR) is 156 cm³/mol. The number of carboxylic acid groups (broad SMARTS) is 1. The number of carboxylic acids is 1. The molecule has 0 spiro atoms. The van der Waals surface area contributed by atoms with Crippen molar-refractivity contribution in [1.82, 2.24) is 5.32 Å². The maximum Gasteiger partial charge on any atom is 0.326 e. The van der Waals surface area contributed by atoms with E-state index >= 15 is 0 Å². The quantitative estimate of drug-likeness (QED) is 0.186. The average molecular weight is 612 g/mol. The van der Waals surface area contributed by atoms with Crippen LogP contribution in [0.2, 0.25) is 10.0 Å². The smallest absolute Gasteiger partial charge is 0.326 e. The number of hydrogen-bond donors (Lipinski definition) is 4. The largest absolute Gasteiger partial charge is 0.480 e. The van der Waals surface area contributed by atoms with Crippen LogP contribution in [0.5, 0.6) is 0 Å². The number of rotatable bonds is 9. The molecule has 0 aliphatic rings. The number of amides is 3. The maximum atomic E-state index is 13.1. The number of nitrogens with one attached hydrogen (secondary N) is 3. The number of carbonyl (C=O) groups is 3. The summed E-state index contributed by atoms with van der Waals surface area (Å²) in [5, 5.41) is 17.6. The van der Waals surface area contributed by atoms with Crippen molar-refractivity contribution in [3.8, 4) is 0 Å². The third-order valence-electron chi connectivity index (χ3n) is 5.92. The highest BCUT2D eigenvalue weighted by Gasteiger charge is 2.24. The number of hydrogen-bond acceptors (Lipinski definition) is 5. The molecule has 12 heteroatoms. The van der Waals surface area contributed by atoms with Gasteiger partial charge in [-0.25, -0.2) is 18.0 Å². The van der Waals surface area contributed by atoms with Crippen LogP contribution >= 0.6 is 23.2 Å². The Labute approximate surface area is 246 Å². The van der Waals surface area contributed by atoms with E-state index < -0.39 is 33.8 Å². The molecule has 0 aliphatic carbocycles. The lowest BCUT2D eigenvalue weighted by Crippen LogP contribution is -2.44. The molecule has 0 heterocycles. The molecule has 0 bridgehead atoms. The van der Waals surface area contributed by atoms with Gasteiger partial charge >= 0.3 is 12.0 Å². The van der Waals surface area contributed by atoms with Crippen LogP contribution in [0.4, 0.5) is 16.2 Å². The van der Waals surface area contributed by atoms with E-state index in [0.29, 0.717) is 11.3 Å². The zero-order valence-electron chi connectivity index (χ0n) is 21.2. The van der Waals surface area contributed by atoms with E-state index in [1.165, 1.54) is 30.3 Å². The molecule has 9 nitrogen and oxygen atoms in total. The summed E-state index contributed by atoms with van der Waals surface area (Å²) in [6.07, 6.45) is -0.0860. The number of urea groups is 1. The molecule has 210 valence electrons. The molecule has 4 N–H and O–H groups in total. The van der Waals surface area contributed by atoms with Crippen LogP contribution < -0.4 is 16.0 Å². The first kappa shape index (κ1) is 29.6. The van der Waals surface area contributed by atoms with Crippen molar-refractivity contribution in [1.29, 1.82) is 0 Å². The van der Waals surface area contributed by atoms with Crippen molar-refractivity contribution < 1.29 is 27.9 Å². The van der Waals surface area contributed by atoms with E-state index in [0.717, 1.165) is 0 Å². The van der Waals surface area contributed by atoms with Gasteiger partial charge in [0, 0.05) is 12.1 Å². The van der Waals surface area contributed by atoms with Crippen LogP contribution in [-0.4, -0.2) is 37.5 Å². The van der Waals surface area contributed by atoms with Crippen LogP contribution in [0.3, 0.4) is 0 Å². The summed E-state index contributed by atoms with van der Waals surface area (Å²) < 4.78 is 26.2. The topological polar surface area (TPSA) is 142 Å². The van der Waals surface area contributed by atoms with Crippen LogP contribution in [0.1, 0.15) is 15.9 Å². The third kappa shape index (κ3) is 7.23. The standard InChI is InChI=1S/C29H23Cl2N3O6S/c30-21-9-6-10-22(31)26(21)27(35)32-19-15-13-18(14-16-19)17-24(28(36)37)34-29(38)33-23-11-4-5-12-25(23)41(39,40)20-7-2-1-3-8-20/h1-16,24H,17H2,(H,32,35)(H,36,37)(H2,33,34,38)/t24-/m0/s1. The first-order valence-corrected chi connectivity index (χ1v) is 14.3. The Bertz CT molecular complexity index is 1680. The molecule has 0 aliphatic heterocycles. The van der Waals surface area contributed by atoms with Gasteiger partial charge in [-0.2, -0.15) is 0 Å². The number of para-hydroxylation sites is 1. The summed E-state index contributed by atoms with van der Waals surface area (Å²) in [6, 6.07) is 22.4. The minimum Gasteiger partial charge on any atom is -0.480 e. The molecule has 1 atom stereocenters. The normalized spacial score (nSPS) is 11.8. The third-order valence-corrected chi connectivity index (χ3v) is 8.38. The lowest BCUT2D eigenvalue weighted by Gasteiger charge is -2.17. The van der Waals surface area contributed by atoms with Gasteiger partial charge in [0.15, 0.2) is 0 Å². The molecular weight excluding hydrogens is 589 g/mol. The van der Waals surface area contributed by atoms with Gasteiger partial charge in [0.2, 0.25) is 9.84 Å². The highest BCUT2D eigenvalue weighted by molar-refractivity contribution is 7.91. The van der Waals surface area contributed by atoms with E-state index in [2.05, 4.69) is 16.0 Å². The minimum atomic E-state index is -3.95. The Morgan fingerprint density at radius 2 is 1.37 bits per heavy atom. The molecular formula is C29H23Cl2N3O6S. The van der Waals surface area contributed by atoms with Gasteiger partial charge in [-0.1, -0.05) is 71.7 Å². The van der Waals surface area contributed by atoms with Crippen LogP contribution in [0.25, 0.3) is 0 Å². The second-order valence-electron chi connectivity index (χ2n) is 8.75. The fourth-order valence-electron chi connectivity index (χ4n) is 3.92. The number of benzene rings is 4. The molecule has 0 saturated carbocycles. The number of halogens is 2. The summed E-state index contributed by atoms with van der Waals surface area (Å²) in [7, 11) is -3.95. The monoisotopic (exact) mass is 611 g/mol. The summed E-state index contributed by atoms with van der Waals surface area (Å²) in [6.45, 7) is 0. The number of carbonyl (C=O) groups excluding carboxylic acids is 2. The summed E-state index contributed by atoms with van der Waals surface area (Å²) in [5.41, 5.74) is 1.10. The van der Waals surface area contributed by atoms with Gasteiger partial charge in [0.05, 0.1) is 31.1 Å². The summed E-state index contributed by atoms with van der Waals surface area (Å²) >= 11 is 12.2. The zero-order chi connectivity index (χ0) is 29.6. The molecule has 0 saturated heterocycles. The molecule has 0 unspecified atom stereocenters. The number of aliphatic carboxylic acids is 1. The van der Waals surface area contributed by atoms with E-state index in [-0.39, 0.29) is 37.5 Å². The van der Waals surface area contributed by atoms with Crippen molar-refractivity contribution in [2.45, 2.75) is 22.3 Å². The van der Waals surface area contributed by atoms with Crippen LogP contribution in [-0.2, 0) is 21.1 Å². The molecule has 41 heavy (non-hydrogen) atoms. The van der Waals surface area contributed by atoms with Gasteiger partial charge in [-0.05, 0) is 54.1 Å². The fourth-order valence-corrected chi connectivity index (χ4v) is 5.92. The second kappa shape index (κ2) is 12.9.